The Morgan fingerprint density at radius 1 is 1.10 bits per heavy atom. The highest BCUT2D eigenvalue weighted by molar-refractivity contribution is 5.46. The van der Waals surface area contributed by atoms with Crippen LogP contribution in [0.4, 0.5) is 10.1 Å². The number of halogens is 1. The van der Waals surface area contributed by atoms with Gasteiger partial charge in [0.25, 0.3) is 0 Å². The van der Waals surface area contributed by atoms with Crippen LogP contribution in [-0.2, 0) is 0 Å². The van der Waals surface area contributed by atoms with E-state index in [-0.39, 0.29) is 11.9 Å². The average molecular weight is 286 g/mol. The predicted molar refractivity (Wildman–Crippen MR) is 87.3 cm³/mol. The summed E-state index contributed by atoms with van der Waals surface area (Å²) in [5.41, 5.74) is 3.24. The summed E-state index contributed by atoms with van der Waals surface area (Å²) >= 11 is 0. The number of nitrogens with zero attached hydrogens (tertiary/aromatic N) is 1. The topological polar surface area (TPSA) is 15.3 Å². The van der Waals surface area contributed by atoms with E-state index >= 15 is 0 Å². The fourth-order valence-electron chi connectivity index (χ4n) is 2.64. The van der Waals surface area contributed by atoms with Crippen LogP contribution in [0.15, 0.2) is 48.5 Å². The molecule has 0 fully saturated rings. The van der Waals surface area contributed by atoms with Crippen molar-refractivity contribution in [1.82, 2.24) is 5.32 Å². The van der Waals surface area contributed by atoms with E-state index in [4.69, 9.17) is 0 Å². The first-order chi connectivity index (χ1) is 10.1. The summed E-state index contributed by atoms with van der Waals surface area (Å²) in [5, 5.41) is 3.36. The second kappa shape index (κ2) is 7.23. The van der Waals surface area contributed by atoms with Gasteiger partial charge in [-0.25, -0.2) is 4.39 Å². The minimum atomic E-state index is -0.170. The minimum absolute atomic E-state index is 0.170. The van der Waals surface area contributed by atoms with Crippen LogP contribution < -0.4 is 10.2 Å². The first-order valence-electron chi connectivity index (χ1n) is 7.32. The normalized spacial score (nSPS) is 12.2. The standard InChI is InChI=1S/C18H23FN2/c1-14-8-4-5-9-15(14)17(20-2)12-13-21(3)18-11-7-6-10-16(18)19/h4-11,17,20H,12-13H2,1-3H3. The lowest BCUT2D eigenvalue weighted by atomic mass is 9.99. The molecule has 0 aliphatic carbocycles. The van der Waals surface area contributed by atoms with Gasteiger partial charge in [0.2, 0.25) is 0 Å². The highest BCUT2D eigenvalue weighted by atomic mass is 19.1. The molecule has 0 saturated carbocycles. The molecule has 0 saturated heterocycles. The van der Waals surface area contributed by atoms with Crippen LogP contribution in [0.2, 0.25) is 0 Å². The van der Waals surface area contributed by atoms with Gasteiger partial charge in [-0.2, -0.15) is 0 Å². The molecule has 21 heavy (non-hydrogen) atoms. The molecule has 1 unspecified atom stereocenters. The van der Waals surface area contributed by atoms with Gasteiger partial charge in [-0.1, -0.05) is 36.4 Å². The molecule has 2 rings (SSSR count). The zero-order valence-corrected chi connectivity index (χ0v) is 12.9. The Morgan fingerprint density at radius 2 is 1.76 bits per heavy atom. The van der Waals surface area contributed by atoms with Crippen molar-refractivity contribution in [2.45, 2.75) is 19.4 Å². The van der Waals surface area contributed by atoms with Crippen LogP contribution in [0.1, 0.15) is 23.6 Å². The molecule has 1 atom stereocenters. The van der Waals surface area contributed by atoms with Crippen LogP contribution in [0.25, 0.3) is 0 Å². The van der Waals surface area contributed by atoms with Crippen molar-refractivity contribution < 1.29 is 4.39 Å². The number of anilines is 1. The Balaban J connectivity index is 2.04. The molecule has 3 heteroatoms. The molecule has 0 aromatic heterocycles. The van der Waals surface area contributed by atoms with Crippen molar-refractivity contribution in [3.8, 4) is 0 Å². The number of para-hydroxylation sites is 1. The van der Waals surface area contributed by atoms with Gasteiger partial charge in [0.15, 0.2) is 0 Å². The van der Waals surface area contributed by atoms with Crippen LogP contribution in [0.3, 0.4) is 0 Å². The first-order valence-corrected chi connectivity index (χ1v) is 7.32. The number of rotatable bonds is 6. The second-order valence-electron chi connectivity index (χ2n) is 5.36. The highest BCUT2D eigenvalue weighted by Crippen LogP contribution is 2.23. The summed E-state index contributed by atoms with van der Waals surface area (Å²) in [7, 11) is 3.91. The van der Waals surface area contributed by atoms with Crippen molar-refractivity contribution in [2.75, 3.05) is 25.5 Å². The molecule has 0 bridgehead atoms. The summed E-state index contributed by atoms with van der Waals surface area (Å²) in [5.74, 6) is -0.170. The lowest BCUT2D eigenvalue weighted by Gasteiger charge is -2.24. The molecular weight excluding hydrogens is 263 g/mol. The van der Waals surface area contributed by atoms with Crippen molar-refractivity contribution in [3.63, 3.8) is 0 Å². The van der Waals surface area contributed by atoms with Crippen molar-refractivity contribution in [2.24, 2.45) is 0 Å². The SMILES string of the molecule is CNC(CCN(C)c1ccccc1F)c1ccccc1C. The average Bonchev–Trinajstić information content (AvgIpc) is 2.49. The molecular formula is C18H23FN2. The molecule has 0 aliphatic heterocycles. The van der Waals surface area contributed by atoms with E-state index in [9.17, 15) is 4.39 Å². The van der Waals surface area contributed by atoms with E-state index in [2.05, 4.69) is 36.5 Å². The van der Waals surface area contributed by atoms with Gasteiger partial charge in [0, 0.05) is 19.6 Å². The fourth-order valence-corrected chi connectivity index (χ4v) is 2.64. The van der Waals surface area contributed by atoms with Gasteiger partial charge < -0.3 is 10.2 Å². The largest absolute Gasteiger partial charge is 0.372 e. The molecule has 0 amide bonds. The summed E-state index contributed by atoms with van der Waals surface area (Å²) < 4.78 is 13.8. The molecule has 2 aromatic rings. The van der Waals surface area contributed by atoms with Crippen LogP contribution in [0.5, 0.6) is 0 Å². The predicted octanol–water partition coefficient (Wildman–Crippen LogP) is 3.92. The number of hydrogen-bond donors (Lipinski definition) is 1. The van der Waals surface area contributed by atoms with Crippen molar-refractivity contribution in [3.05, 3.63) is 65.5 Å². The Labute approximate surface area is 126 Å². The number of hydrogen-bond acceptors (Lipinski definition) is 2. The highest BCUT2D eigenvalue weighted by Gasteiger charge is 2.13. The first kappa shape index (κ1) is 15.5. The Kier molecular flexibility index (Phi) is 5.34. The molecule has 0 heterocycles. The molecule has 112 valence electrons. The molecule has 1 N–H and O–H groups in total. The minimum Gasteiger partial charge on any atom is -0.372 e. The Bertz CT molecular complexity index is 583. The van der Waals surface area contributed by atoms with E-state index in [0.717, 1.165) is 13.0 Å². The van der Waals surface area contributed by atoms with Gasteiger partial charge >= 0.3 is 0 Å². The van der Waals surface area contributed by atoms with Gasteiger partial charge in [0.05, 0.1) is 5.69 Å². The quantitative estimate of drug-likeness (QED) is 0.866. The summed E-state index contributed by atoms with van der Waals surface area (Å²) in [6.07, 6.45) is 0.923. The van der Waals surface area contributed by atoms with E-state index in [1.807, 2.05) is 31.1 Å². The van der Waals surface area contributed by atoms with Gasteiger partial charge in [-0.05, 0) is 43.7 Å². The molecule has 0 spiro atoms. The maximum Gasteiger partial charge on any atom is 0.146 e. The van der Waals surface area contributed by atoms with E-state index < -0.39 is 0 Å². The second-order valence-corrected chi connectivity index (χ2v) is 5.36. The van der Waals surface area contributed by atoms with Crippen LogP contribution in [-0.4, -0.2) is 20.6 Å². The van der Waals surface area contributed by atoms with Crippen LogP contribution >= 0.6 is 0 Å². The third kappa shape index (κ3) is 3.82. The Morgan fingerprint density at radius 3 is 2.43 bits per heavy atom. The van der Waals surface area contributed by atoms with Crippen LogP contribution in [0, 0.1) is 12.7 Å². The number of nitrogens with one attached hydrogen (secondary N) is 1. The number of aryl methyl sites for hydroxylation is 1. The van der Waals surface area contributed by atoms with E-state index in [1.54, 1.807) is 6.07 Å². The molecule has 0 aliphatic rings. The molecule has 2 nitrogen and oxygen atoms in total. The number of benzene rings is 2. The third-order valence-electron chi connectivity index (χ3n) is 3.93. The van der Waals surface area contributed by atoms with Gasteiger partial charge in [0.1, 0.15) is 5.82 Å². The maximum atomic E-state index is 13.8. The van der Waals surface area contributed by atoms with Crippen molar-refractivity contribution in [1.29, 1.82) is 0 Å². The summed E-state index contributed by atoms with van der Waals surface area (Å²) in [4.78, 5) is 1.97. The zero-order chi connectivity index (χ0) is 15.2. The monoisotopic (exact) mass is 286 g/mol. The lowest BCUT2D eigenvalue weighted by molar-refractivity contribution is 0.543. The summed E-state index contributed by atoms with van der Waals surface area (Å²) in [6.45, 7) is 2.92. The van der Waals surface area contributed by atoms with E-state index in [1.165, 1.54) is 17.2 Å². The van der Waals surface area contributed by atoms with Gasteiger partial charge in [-0.3, -0.25) is 0 Å². The Hall–Kier alpha value is -1.87. The third-order valence-corrected chi connectivity index (χ3v) is 3.93. The molecule has 0 radical (unpaired) electrons. The van der Waals surface area contributed by atoms with Crippen molar-refractivity contribution >= 4 is 5.69 Å². The van der Waals surface area contributed by atoms with Gasteiger partial charge in [-0.15, -0.1) is 0 Å². The lowest BCUT2D eigenvalue weighted by Crippen LogP contribution is -2.26. The zero-order valence-electron chi connectivity index (χ0n) is 12.9. The molecule has 2 aromatic carbocycles. The summed E-state index contributed by atoms with van der Waals surface area (Å²) in [6, 6.07) is 15.6. The van der Waals surface area contributed by atoms with E-state index in [0.29, 0.717) is 5.69 Å². The maximum absolute atomic E-state index is 13.8. The fraction of sp³-hybridized carbons (Fsp3) is 0.333. The smallest absolute Gasteiger partial charge is 0.146 e.